The van der Waals surface area contributed by atoms with Crippen LogP contribution in [-0.4, -0.2) is 50.1 Å². The maximum Gasteiger partial charge on any atom is 0.241 e. The van der Waals surface area contributed by atoms with Crippen LogP contribution >= 0.6 is 0 Å². The molecule has 0 aliphatic carbocycles. The number of ether oxygens (including phenoxy) is 1. The van der Waals surface area contributed by atoms with Crippen LogP contribution in [0.2, 0.25) is 0 Å². The summed E-state index contributed by atoms with van der Waals surface area (Å²) < 4.78 is 5.51. The molecule has 0 spiro atoms. The van der Waals surface area contributed by atoms with Crippen LogP contribution in [0.15, 0.2) is 78.9 Å². The van der Waals surface area contributed by atoms with E-state index in [9.17, 15) is 4.79 Å². The van der Waals surface area contributed by atoms with Crippen molar-refractivity contribution in [1.29, 1.82) is 0 Å². The minimum absolute atomic E-state index is 0.0223. The van der Waals surface area contributed by atoms with Crippen molar-refractivity contribution in [3.8, 4) is 16.9 Å². The summed E-state index contributed by atoms with van der Waals surface area (Å²) in [5.74, 6) is 0.911. The van der Waals surface area contributed by atoms with Crippen LogP contribution in [0.5, 0.6) is 5.75 Å². The molecule has 3 aromatic carbocycles. The highest BCUT2D eigenvalue weighted by Gasteiger charge is 2.27. The van der Waals surface area contributed by atoms with Gasteiger partial charge in [0, 0.05) is 37.4 Å². The molecule has 1 heterocycles. The highest BCUT2D eigenvalue weighted by Crippen LogP contribution is 2.30. The highest BCUT2D eigenvalue weighted by molar-refractivity contribution is 5.98. The number of piperazine rings is 1. The lowest BCUT2D eigenvalue weighted by Gasteiger charge is -2.39. The average Bonchev–Trinajstić information content (AvgIpc) is 2.84. The van der Waals surface area contributed by atoms with Gasteiger partial charge in [0.25, 0.3) is 0 Å². The van der Waals surface area contributed by atoms with E-state index < -0.39 is 0 Å². The fourth-order valence-corrected chi connectivity index (χ4v) is 4.11. The van der Waals surface area contributed by atoms with E-state index in [1.54, 1.807) is 7.11 Å². The molecule has 31 heavy (non-hydrogen) atoms. The predicted molar refractivity (Wildman–Crippen MR) is 127 cm³/mol. The summed E-state index contributed by atoms with van der Waals surface area (Å²) >= 11 is 0. The van der Waals surface area contributed by atoms with E-state index in [2.05, 4.69) is 33.3 Å². The Morgan fingerprint density at radius 3 is 2.26 bits per heavy atom. The zero-order chi connectivity index (χ0) is 21.6. The van der Waals surface area contributed by atoms with Crippen LogP contribution < -0.4 is 15.0 Å². The predicted octanol–water partition coefficient (Wildman–Crippen LogP) is 4.51. The summed E-state index contributed by atoms with van der Waals surface area (Å²) in [5, 5.41) is 3.15. The molecule has 0 bridgehead atoms. The number of carbonyl (C=O) groups excluding carboxylic acids is 1. The van der Waals surface area contributed by atoms with Crippen LogP contribution in [-0.2, 0) is 4.79 Å². The quantitative estimate of drug-likeness (QED) is 0.643. The van der Waals surface area contributed by atoms with Gasteiger partial charge in [0.1, 0.15) is 5.75 Å². The molecular weight excluding hydrogens is 386 g/mol. The first-order chi connectivity index (χ1) is 15.2. The van der Waals surface area contributed by atoms with Crippen molar-refractivity contribution in [2.24, 2.45) is 0 Å². The second-order valence-electron chi connectivity index (χ2n) is 7.77. The molecule has 5 nitrogen and oxygen atoms in total. The van der Waals surface area contributed by atoms with E-state index in [-0.39, 0.29) is 11.9 Å². The number of anilines is 2. The number of amides is 1. The fourth-order valence-electron chi connectivity index (χ4n) is 4.11. The number of methoxy groups -OCH3 is 1. The van der Waals surface area contributed by atoms with Crippen molar-refractivity contribution in [3.05, 3.63) is 78.9 Å². The van der Waals surface area contributed by atoms with Crippen molar-refractivity contribution in [1.82, 2.24) is 4.90 Å². The van der Waals surface area contributed by atoms with E-state index in [0.717, 1.165) is 54.4 Å². The highest BCUT2D eigenvalue weighted by atomic mass is 16.5. The van der Waals surface area contributed by atoms with E-state index in [1.807, 2.05) is 67.6 Å². The van der Waals surface area contributed by atoms with Gasteiger partial charge >= 0.3 is 0 Å². The molecule has 1 aliphatic rings. The van der Waals surface area contributed by atoms with Crippen molar-refractivity contribution in [2.75, 3.05) is 43.5 Å². The molecule has 4 rings (SSSR count). The second-order valence-corrected chi connectivity index (χ2v) is 7.77. The van der Waals surface area contributed by atoms with E-state index in [4.69, 9.17) is 4.74 Å². The van der Waals surface area contributed by atoms with Gasteiger partial charge in [-0.3, -0.25) is 9.69 Å². The van der Waals surface area contributed by atoms with Gasteiger partial charge in [0.2, 0.25) is 5.91 Å². The van der Waals surface area contributed by atoms with E-state index in [0.29, 0.717) is 0 Å². The lowest BCUT2D eigenvalue weighted by molar-refractivity contribution is -0.120. The molecule has 3 aromatic rings. The maximum absolute atomic E-state index is 13.1. The lowest BCUT2D eigenvalue weighted by atomic mass is 10.0. The number of rotatable bonds is 6. The van der Waals surface area contributed by atoms with Gasteiger partial charge in [-0.1, -0.05) is 60.7 Å². The van der Waals surface area contributed by atoms with E-state index >= 15 is 0 Å². The third-order valence-corrected chi connectivity index (χ3v) is 5.94. The summed E-state index contributed by atoms with van der Waals surface area (Å²) in [4.78, 5) is 17.6. The van der Waals surface area contributed by atoms with Crippen molar-refractivity contribution in [3.63, 3.8) is 0 Å². The molecule has 1 unspecified atom stereocenters. The minimum Gasteiger partial charge on any atom is -0.495 e. The van der Waals surface area contributed by atoms with Crippen molar-refractivity contribution >= 4 is 17.3 Å². The van der Waals surface area contributed by atoms with Gasteiger partial charge in [-0.15, -0.1) is 0 Å². The molecule has 1 saturated heterocycles. The average molecular weight is 416 g/mol. The van der Waals surface area contributed by atoms with Crippen LogP contribution in [0.1, 0.15) is 6.92 Å². The Balaban J connectivity index is 1.40. The Kier molecular flexibility index (Phi) is 6.53. The second kappa shape index (κ2) is 9.67. The van der Waals surface area contributed by atoms with Crippen LogP contribution in [0.25, 0.3) is 11.1 Å². The number of nitrogens with zero attached hydrogens (tertiary/aromatic N) is 2. The first kappa shape index (κ1) is 20.9. The summed E-state index contributed by atoms with van der Waals surface area (Å²) in [7, 11) is 1.70. The molecule has 160 valence electrons. The number of carbonyl (C=O) groups is 1. The zero-order valence-corrected chi connectivity index (χ0v) is 18.1. The SMILES string of the molecule is COc1ccccc1N1CCN(C(C)C(=O)Nc2ccccc2-c2ccccc2)CC1. The first-order valence-corrected chi connectivity index (χ1v) is 10.7. The normalized spacial score (nSPS) is 15.4. The number of hydrogen-bond acceptors (Lipinski definition) is 4. The van der Waals surface area contributed by atoms with Crippen LogP contribution in [0.3, 0.4) is 0 Å². The Bertz CT molecular complexity index is 1010. The Hall–Kier alpha value is -3.31. The van der Waals surface area contributed by atoms with Gasteiger partial charge in [0.05, 0.1) is 18.8 Å². The lowest BCUT2D eigenvalue weighted by Crippen LogP contribution is -2.52. The molecule has 1 N–H and O–H groups in total. The number of hydrogen-bond donors (Lipinski definition) is 1. The molecule has 0 aromatic heterocycles. The third kappa shape index (κ3) is 4.72. The number of para-hydroxylation sites is 3. The summed E-state index contributed by atoms with van der Waals surface area (Å²) in [5.41, 5.74) is 4.08. The monoisotopic (exact) mass is 415 g/mol. The minimum atomic E-state index is -0.205. The number of benzene rings is 3. The molecule has 5 heteroatoms. The maximum atomic E-state index is 13.1. The fraction of sp³-hybridized carbons (Fsp3) is 0.269. The summed E-state index contributed by atoms with van der Waals surface area (Å²) in [6.45, 7) is 5.36. The van der Waals surface area contributed by atoms with Crippen molar-refractivity contribution in [2.45, 2.75) is 13.0 Å². The Morgan fingerprint density at radius 2 is 1.52 bits per heavy atom. The van der Waals surface area contributed by atoms with Crippen LogP contribution in [0, 0.1) is 0 Å². The third-order valence-electron chi connectivity index (χ3n) is 5.94. The Morgan fingerprint density at radius 1 is 0.871 bits per heavy atom. The standard InChI is InChI=1S/C26H29N3O2/c1-20(28-16-18-29(19-17-28)24-14-8-9-15-25(24)31-2)26(30)27-23-13-7-6-12-22(23)21-10-4-3-5-11-21/h3-15,20H,16-19H2,1-2H3,(H,27,30). The molecule has 0 radical (unpaired) electrons. The van der Waals surface area contributed by atoms with Crippen LogP contribution in [0.4, 0.5) is 11.4 Å². The smallest absolute Gasteiger partial charge is 0.241 e. The number of nitrogens with one attached hydrogen (secondary N) is 1. The molecule has 1 fully saturated rings. The first-order valence-electron chi connectivity index (χ1n) is 10.7. The van der Waals surface area contributed by atoms with Gasteiger partial charge in [-0.2, -0.15) is 0 Å². The van der Waals surface area contributed by atoms with Gasteiger partial charge in [-0.05, 0) is 30.7 Å². The topological polar surface area (TPSA) is 44.8 Å². The van der Waals surface area contributed by atoms with E-state index in [1.165, 1.54) is 0 Å². The molecular formula is C26H29N3O2. The van der Waals surface area contributed by atoms with Crippen molar-refractivity contribution < 1.29 is 9.53 Å². The van der Waals surface area contributed by atoms with Gasteiger partial charge in [-0.25, -0.2) is 0 Å². The molecule has 0 saturated carbocycles. The summed E-state index contributed by atoms with van der Waals surface area (Å²) in [6, 6.07) is 26.0. The zero-order valence-electron chi connectivity index (χ0n) is 18.1. The largest absolute Gasteiger partial charge is 0.495 e. The Labute approximate surface area is 184 Å². The summed E-state index contributed by atoms with van der Waals surface area (Å²) in [6.07, 6.45) is 0. The molecule has 1 aliphatic heterocycles. The molecule has 1 amide bonds. The molecule has 1 atom stereocenters. The van der Waals surface area contributed by atoms with Gasteiger partial charge < -0.3 is 15.0 Å². The van der Waals surface area contributed by atoms with Gasteiger partial charge in [0.15, 0.2) is 0 Å².